The minimum absolute atomic E-state index is 0.0798. The van der Waals surface area contributed by atoms with Crippen molar-refractivity contribution < 1.29 is 8.95 Å². The molecule has 0 saturated carbocycles. The second-order valence-electron chi connectivity index (χ2n) is 5.00. The summed E-state index contributed by atoms with van der Waals surface area (Å²) >= 11 is 0. The fourth-order valence-electron chi connectivity index (χ4n) is 1.27. The van der Waals surface area contributed by atoms with Gasteiger partial charge in [-0.05, 0) is 18.4 Å². The molecule has 1 aliphatic heterocycles. The normalized spacial score (nSPS) is 20.0. The van der Waals surface area contributed by atoms with Gasteiger partial charge in [0.1, 0.15) is 11.0 Å². The molecule has 92 valence electrons. The zero-order valence-electron chi connectivity index (χ0n) is 10.6. The molecule has 0 bridgehead atoms. The third-order valence-electron chi connectivity index (χ3n) is 2.17. The van der Waals surface area contributed by atoms with E-state index in [2.05, 4.69) is 26.5 Å². The number of hydrogen-bond acceptors (Lipinski definition) is 2. The van der Waals surface area contributed by atoms with Crippen LogP contribution in [0.3, 0.4) is 0 Å². The van der Waals surface area contributed by atoms with Gasteiger partial charge < -0.3 is 4.74 Å². The lowest BCUT2D eigenvalue weighted by molar-refractivity contribution is 0.0755. The van der Waals surface area contributed by atoms with Crippen molar-refractivity contribution in [2.24, 2.45) is 5.41 Å². The number of allylic oxidation sites excluding steroid dienone is 1. The zero-order valence-corrected chi connectivity index (χ0v) is 11.4. The van der Waals surface area contributed by atoms with E-state index in [0.29, 0.717) is 13.2 Å². The predicted molar refractivity (Wildman–Crippen MR) is 67.3 cm³/mol. The van der Waals surface area contributed by atoms with Crippen LogP contribution in [0.4, 0.5) is 0 Å². The first-order valence-electron chi connectivity index (χ1n) is 5.59. The number of ether oxygens (including phenoxy) is 1. The second-order valence-corrected chi connectivity index (χ2v) is 6.63. The number of hydrogen-bond donors (Lipinski definition) is 0. The van der Waals surface area contributed by atoms with Crippen LogP contribution >= 0.6 is 0 Å². The maximum Gasteiger partial charge on any atom is 0.131 e. The molecule has 16 heavy (non-hydrogen) atoms. The highest BCUT2D eigenvalue weighted by molar-refractivity contribution is 7.86. The Balaban J connectivity index is 2.69. The van der Waals surface area contributed by atoms with Crippen LogP contribution in [0, 0.1) is 5.41 Å². The quantitative estimate of drug-likeness (QED) is 0.695. The van der Waals surface area contributed by atoms with E-state index in [-0.39, 0.29) is 5.41 Å². The predicted octanol–water partition coefficient (Wildman–Crippen LogP) is 2.09. The zero-order chi connectivity index (χ0) is 12.2. The van der Waals surface area contributed by atoms with Gasteiger partial charge in [0.15, 0.2) is 0 Å². The van der Waals surface area contributed by atoms with Crippen LogP contribution in [0.1, 0.15) is 27.7 Å². The Kier molecular flexibility index (Phi) is 4.93. The van der Waals surface area contributed by atoms with Crippen molar-refractivity contribution in [3.8, 4) is 0 Å². The van der Waals surface area contributed by atoms with Gasteiger partial charge in [0.05, 0.1) is 18.1 Å². The van der Waals surface area contributed by atoms with Gasteiger partial charge in [0, 0.05) is 13.1 Å². The van der Waals surface area contributed by atoms with Crippen molar-refractivity contribution in [2.75, 3.05) is 26.3 Å². The summed E-state index contributed by atoms with van der Waals surface area (Å²) in [4.78, 5) is 0.789. The Hall–Kier alpha value is -0.410. The molecular formula is C12H21NO2S. The van der Waals surface area contributed by atoms with Crippen LogP contribution in [0.15, 0.2) is 16.7 Å². The van der Waals surface area contributed by atoms with Gasteiger partial charge in [-0.2, -0.15) is 0 Å². The van der Waals surface area contributed by atoms with Crippen LogP contribution in [-0.4, -0.2) is 34.8 Å². The van der Waals surface area contributed by atoms with Crippen molar-refractivity contribution >= 4 is 11.0 Å². The topological polar surface area (TPSA) is 29.5 Å². The fraction of sp³-hybridized carbons (Fsp3) is 0.750. The first-order chi connectivity index (χ1) is 7.40. The third kappa shape index (κ3) is 4.62. The molecule has 1 aliphatic rings. The molecule has 0 N–H and O–H groups in total. The summed E-state index contributed by atoms with van der Waals surface area (Å²) in [6.45, 7) is 11.0. The van der Waals surface area contributed by atoms with Crippen LogP contribution in [-0.2, 0) is 15.7 Å². The minimum atomic E-state index is -1.06. The molecule has 0 spiro atoms. The van der Waals surface area contributed by atoms with Gasteiger partial charge >= 0.3 is 0 Å². The molecule has 1 heterocycles. The van der Waals surface area contributed by atoms with Crippen molar-refractivity contribution in [3.05, 3.63) is 16.7 Å². The Morgan fingerprint density at radius 2 is 1.94 bits per heavy atom. The molecular weight excluding hydrogens is 222 g/mol. The van der Waals surface area contributed by atoms with Crippen molar-refractivity contribution in [2.45, 2.75) is 27.7 Å². The van der Waals surface area contributed by atoms with Crippen molar-refractivity contribution in [1.29, 1.82) is 0 Å². The van der Waals surface area contributed by atoms with Crippen molar-refractivity contribution in [3.63, 3.8) is 0 Å². The number of rotatable bonds is 2. The lowest BCUT2D eigenvalue weighted by atomic mass is 9.97. The number of morpholine rings is 1. The van der Waals surface area contributed by atoms with E-state index in [1.165, 1.54) is 0 Å². The molecule has 0 aliphatic carbocycles. The average Bonchev–Trinajstić information content (AvgIpc) is 2.25. The van der Waals surface area contributed by atoms with E-state index < -0.39 is 11.0 Å². The van der Waals surface area contributed by atoms with Gasteiger partial charge in [-0.3, -0.25) is 0 Å². The van der Waals surface area contributed by atoms with Crippen LogP contribution in [0.2, 0.25) is 0 Å². The monoisotopic (exact) mass is 243 g/mol. The molecule has 0 aromatic carbocycles. The first kappa shape index (κ1) is 13.7. The summed E-state index contributed by atoms with van der Waals surface area (Å²) in [5, 5.41) is 0. The van der Waals surface area contributed by atoms with Crippen LogP contribution in [0.25, 0.3) is 0 Å². The molecule has 0 radical (unpaired) electrons. The van der Waals surface area contributed by atoms with E-state index in [1.54, 1.807) is 0 Å². The van der Waals surface area contributed by atoms with Crippen LogP contribution in [0.5, 0.6) is 0 Å². The van der Waals surface area contributed by atoms with Gasteiger partial charge in [-0.25, -0.2) is 8.51 Å². The molecule has 1 atom stereocenters. The standard InChI is InChI=1S/C12H21NO2S/c1-11(5-6-12(2,3)4)16(14)13-7-9-15-10-8-13/h6H,7-10H2,1-4H3/t5?,16-/m1/s1. The summed E-state index contributed by atoms with van der Waals surface area (Å²) in [6, 6.07) is 0. The van der Waals surface area contributed by atoms with E-state index in [1.807, 2.05) is 17.3 Å². The van der Waals surface area contributed by atoms with Crippen LogP contribution < -0.4 is 0 Å². The van der Waals surface area contributed by atoms with Crippen molar-refractivity contribution in [1.82, 2.24) is 4.31 Å². The highest BCUT2D eigenvalue weighted by atomic mass is 32.2. The summed E-state index contributed by atoms with van der Waals surface area (Å²) in [5.41, 5.74) is 3.21. The maximum atomic E-state index is 12.1. The summed E-state index contributed by atoms with van der Waals surface area (Å²) in [6.07, 6.45) is 1.97. The Morgan fingerprint density at radius 1 is 1.38 bits per heavy atom. The lowest BCUT2D eigenvalue weighted by Gasteiger charge is -2.24. The van der Waals surface area contributed by atoms with Gasteiger partial charge in [0.25, 0.3) is 0 Å². The molecule has 0 unspecified atom stereocenters. The Labute approximate surface area is 101 Å². The molecule has 4 heteroatoms. The summed E-state index contributed by atoms with van der Waals surface area (Å²) < 4.78 is 19.2. The molecule has 1 saturated heterocycles. The molecule has 0 amide bonds. The van der Waals surface area contributed by atoms with E-state index in [4.69, 9.17) is 4.74 Å². The van der Waals surface area contributed by atoms with Gasteiger partial charge in [-0.1, -0.05) is 20.8 Å². The largest absolute Gasteiger partial charge is 0.379 e. The van der Waals surface area contributed by atoms with E-state index >= 15 is 0 Å². The molecule has 1 rings (SSSR count). The number of nitrogens with zero attached hydrogens (tertiary/aromatic N) is 1. The SMILES string of the molecule is CC(=C=CC(C)(C)C)[S@@](=O)N1CCOCC1. The fourth-order valence-corrected chi connectivity index (χ4v) is 2.30. The van der Waals surface area contributed by atoms with E-state index in [9.17, 15) is 4.21 Å². The Morgan fingerprint density at radius 3 is 2.44 bits per heavy atom. The summed E-state index contributed by atoms with van der Waals surface area (Å²) in [5.74, 6) is 0. The van der Waals surface area contributed by atoms with Gasteiger partial charge in [0.2, 0.25) is 0 Å². The molecule has 1 fully saturated rings. The third-order valence-corrected chi connectivity index (χ3v) is 3.65. The molecule has 0 aromatic heterocycles. The second kappa shape index (κ2) is 5.78. The lowest BCUT2D eigenvalue weighted by Crippen LogP contribution is -2.37. The molecule has 0 aromatic rings. The highest BCUT2D eigenvalue weighted by Crippen LogP contribution is 2.15. The minimum Gasteiger partial charge on any atom is -0.379 e. The average molecular weight is 243 g/mol. The highest BCUT2D eigenvalue weighted by Gasteiger charge is 2.17. The maximum absolute atomic E-state index is 12.1. The molecule has 3 nitrogen and oxygen atoms in total. The Bertz CT molecular complexity index is 318. The van der Waals surface area contributed by atoms with E-state index in [0.717, 1.165) is 18.0 Å². The summed E-state index contributed by atoms with van der Waals surface area (Å²) in [7, 11) is -1.06. The smallest absolute Gasteiger partial charge is 0.131 e. The first-order valence-corrected chi connectivity index (χ1v) is 6.70. The van der Waals surface area contributed by atoms with Gasteiger partial charge in [-0.15, -0.1) is 5.73 Å².